The van der Waals surface area contributed by atoms with Gasteiger partial charge in [0, 0.05) is 11.2 Å². The Balaban J connectivity index is 2.87. The molecular weight excluding hydrogens is 227 g/mol. The van der Waals surface area contributed by atoms with Crippen LogP contribution in [-0.4, -0.2) is 9.38 Å². The fraction of sp³-hybridized carbons (Fsp3) is 0. The van der Waals surface area contributed by atoms with Crippen molar-refractivity contribution >= 4 is 33.0 Å². The molecule has 0 fully saturated rings. The Labute approximate surface area is 76.9 Å². The van der Waals surface area contributed by atoms with Gasteiger partial charge in [0.2, 0.25) is 0 Å². The zero-order valence-electron chi connectivity index (χ0n) is 5.46. The Morgan fingerprint density at radius 2 is 2.36 bits per heavy atom. The summed E-state index contributed by atoms with van der Waals surface area (Å²) in [6.45, 7) is 0. The van der Waals surface area contributed by atoms with Crippen LogP contribution in [0.15, 0.2) is 29.3 Å². The van der Waals surface area contributed by atoms with Gasteiger partial charge in [-0.05, 0) is 28.1 Å². The van der Waals surface area contributed by atoms with Crippen LogP contribution in [0.1, 0.15) is 0 Å². The second-order valence-electron chi connectivity index (χ2n) is 2.17. The standard InChI is InChI=1S/C7H4BrClN2/c8-7-6-3-5(9)1-2-11(6)4-10-7/h1-4H. The maximum atomic E-state index is 5.79. The largest absolute Gasteiger partial charge is 0.305 e. The average Bonchev–Trinajstić information content (AvgIpc) is 2.33. The third-order valence-corrected chi connectivity index (χ3v) is 2.30. The van der Waals surface area contributed by atoms with E-state index in [1.807, 2.05) is 22.7 Å². The summed E-state index contributed by atoms with van der Waals surface area (Å²) in [4.78, 5) is 4.06. The smallest absolute Gasteiger partial charge is 0.131 e. The van der Waals surface area contributed by atoms with Gasteiger partial charge in [-0.3, -0.25) is 0 Å². The van der Waals surface area contributed by atoms with Crippen LogP contribution < -0.4 is 0 Å². The van der Waals surface area contributed by atoms with Gasteiger partial charge >= 0.3 is 0 Å². The van der Waals surface area contributed by atoms with Gasteiger partial charge in [0.05, 0.1) is 5.52 Å². The van der Waals surface area contributed by atoms with Crippen LogP contribution in [0, 0.1) is 0 Å². The summed E-state index contributed by atoms with van der Waals surface area (Å²) in [5, 5.41) is 0.721. The first-order valence-corrected chi connectivity index (χ1v) is 4.22. The number of nitrogens with zero attached hydrogens (tertiary/aromatic N) is 2. The van der Waals surface area contributed by atoms with Crippen molar-refractivity contribution in [2.45, 2.75) is 0 Å². The van der Waals surface area contributed by atoms with Crippen LogP contribution in [0.2, 0.25) is 5.02 Å². The lowest BCUT2D eigenvalue weighted by Gasteiger charge is -1.92. The molecule has 11 heavy (non-hydrogen) atoms. The molecule has 2 aromatic heterocycles. The van der Waals surface area contributed by atoms with Crippen LogP contribution >= 0.6 is 27.5 Å². The van der Waals surface area contributed by atoms with Gasteiger partial charge in [0.25, 0.3) is 0 Å². The summed E-state index contributed by atoms with van der Waals surface area (Å²) in [5.41, 5.74) is 0.984. The number of imidazole rings is 1. The minimum Gasteiger partial charge on any atom is -0.305 e. The lowest BCUT2D eigenvalue weighted by Crippen LogP contribution is -1.78. The van der Waals surface area contributed by atoms with Crippen LogP contribution in [0.25, 0.3) is 5.52 Å². The van der Waals surface area contributed by atoms with Crippen LogP contribution in [0.5, 0.6) is 0 Å². The van der Waals surface area contributed by atoms with Gasteiger partial charge in [-0.25, -0.2) is 4.98 Å². The lowest BCUT2D eigenvalue weighted by atomic mass is 10.4. The first kappa shape index (κ1) is 7.13. The van der Waals surface area contributed by atoms with Crippen molar-refractivity contribution in [2.75, 3.05) is 0 Å². The molecule has 0 unspecified atom stereocenters. The number of aromatic nitrogens is 2. The van der Waals surface area contributed by atoms with Crippen molar-refractivity contribution in [1.29, 1.82) is 0 Å². The van der Waals surface area contributed by atoms with Crippen molar-refractivity contribution in [3.05, 3.63) is 34.3 Å². The third-order valence-electron chi connectivity index (χ3n) is 1.45. The highest BCUT2D eigenvalue weighted by molar-refractivity contribution is 9.10. The van der Waals surface area contributed by atoms with E-state index in [0.29, 0.717) is 0 Å². The van der Waals surface area contributed by atoms with Crippen LogP contribution in [0.4, 0.5) is 0 Å². The van der Waals surface area contributed by atoms with E-state index in [4.69, 9.17) is 11.6 Å². The molecule has 4 heteroatoms. The van der Waals surface area contributed by atoms with E-state index >= 15 is 0 Å². The molecule has 0 spiro atoms. The molecule has 0 radical (unpaired) electrons. The molecule has 0 saturated carbocycles. The van der Waals surface area contributed by atoms with Crippen molar-refractivity contribution in [1.82, 2.24) is 9.38 Å². The van der Waals surface area contributed by atoms with E-state index in [1.54, 1.807) is 6.33 Å². The number of pyridine rings is 1. The Morgan fingerprint density at radius 1 is 1.55 bits per heavy atom. The van der Waals surface area contributed by atoms with Gasteiger partial charge in [-0.15, -0.1) is 0 Å². The summed E-state index contributed by atoms with van der Waals surface area (Å²) >= 11 is 9.10. The molecular formula is C7H4BrClN2. The van der Waals surface area contributed by atoms with Crippen molar-refractivity contribution in [2.24, 2.45) is 0 Å². The molecule has 56 valence electrons. The first-order chi connectivity index (χ1) is 5.27. The van der Waals surface area contributed by atoms with E-state index in [2.05, 4.69) is 20.9 Å². The van der Waals surface area contributed by atoms with Crippen molar-refractivity contribution in [3.63, 3.8) is 0 Å². The Kier molecular flexibility index (Phi) is 1.62. The highest BCUT2D eigenvalue weighted by Gasteiger charge is 1.99. The Hall–Kier alpha value is -0.540. The molecule has 0 saturated heterocycles. The maximum Gasteiger partial charge on any atom is 0.131 e. The molecule has 0 aromatic carbocycles. The van der Waals surface area contributed by atoms with Crippen molar-refractivity contribution in [3.8, 4) is 0 Å². The quantitative estimate of drug-likeness (QED) is 0.681. The molecule has 2 heterocycles. The van der Waals surface area contributed by atoms with Gasteiger partial charge in [-0.2, -0.15) is 0 Å². The Bertz CT molecular complexity index is 396. The number of rotatable bonds is 0. The van der Waals surface area contributed by atoms with E-state index in [0.717, 1.165) is 15.1 Å². The fourth-order valence-corrected chi connectivity index (χ4v) is 1.50. The second-order valence-corrected chi connectivity index (χ2v) is 3.36. The van der Waals surface area contributed by atoms with Gasteiger partial charge in [0.15, 0.2) is 0 Å². The number of halogens is 2. The molecule has 0 amide bonds. The second kappa shape index (κ2) is 2.50. The van der Waals surface area contributed by atoms with Crippen LogP contribution in [-0.2, 0) is 0 Å². The molecule has 0 aliphatic carbocycles. The summed E-state index contributed by atoms with van der Waals surface area (Å²) in [6, 6.07) is 3.68. The SMILES string of the molecule is Clc1ccn2cnc(Br)c2c1. The highest BCUT2D eigenvalue weighted by Crippen LogP contribution is 2.19. The molecule has 2 aromatic rings. The molecule has 0 aliphatic rings. The number of hydrogen-bond acceptors (Lipinski definition) is 1. The third kappa shape index (κ3) is 1.14. The summed E-state index contributed by atoms with van der Waals surface area (Å²) in [6.07, 6.45) is 3.60. The van der Waals surface area contributed by atoms with E-state index < -0.39 is 0 Å². The van der Waals surface area contributed by atoms with Gasteiger partial charge in [0.1, 0.15) is 10.9 Å². The normalized spacial score (nSPS) is 10.7. The lowest BCUT2D eigenvalue weighted by molar-refractivity contribution is 1.15. The topological polar surface area (TPSA) is 17.3 Å². The molecule has 0 aliphatic heterocycles. The predicted octanol–water partition coefficient (Wildman–Crippen LogP) is 2.75. The summed E-state index contributed by atoms with van der Waals surface area (Å²) in [7, 11) is 0. The molecule has 2 nitrogen and oxygen atoms in total. The minimum atomic E-state index is 0.721. The molecule has 0 N–H and O–H groups in total. The maximum absolute atomic E-state index is 5.79. The van der Waals surface area contributed by atoms with Crippen LogP contribution in [0.3, 0.4) is 0 Å². The summed E-state index contributed by atoms with van der Waals surface area (Å²) in [5.74, 6) is 0. The molecule has 0 atom stereocenters. The van der Waals surface area contributed by atoms with Crippen molar-refractivity contribution < 1.29 is 0 Å². The van der Waals surface area contributed by atoms with Gasteiger partial charge < -0.3 is 4.40 Å². The fourth-order valence-electron chi connectivity index (χ4n) is 0.931. The zero-order chi connectivity index (χ0) is 7.84. The van der Waals surface area contributed by atoms with E-state index in [-0.39, 0.29) is 0 Å². The number of hydrogen-bond donors (Lipinski definition) is 0. The van der Waals surface area contributed by atoms with Gasteiger partial charge in [-0.1, -0.05) is 11.6 Å². The molecule has 2 rings (SSSR count). The first-order valence-electron chi connectivity index (χ1n) is 3.05. The monoisotopic (exact) mass is 230 g/mol. The minimum absolute atomic E-state index is 0.721. The zero-order valence-corrected chi connectivity index (χ0v) is 7.80. The average molecular weight is 231 g/mol. The van der Waals surface area contributed by atoms with E-state index in [9.17, 15) is 0 Å². The predicted molar refractivity (Wildman–Crippen MR) is 47.9 cm³/mol. The Morgan fingerprint density at radius 3 is 3.18 bits per heavy atom. The molecule has 0 bridgehead atoms. The summed E-state index contributed by atoms with van der Waals surface area (Å²) < 4.78 is 2.72. The van der Waals surface area contributed by atoms with E-state index in [1.165, 1.54) is 0 Å². The highest BCUT2D eigenvalue weighted by atomic mass is 79.9. The number of fused-ring (bicyclic) bond motifs is 1.